The molecule has 0 saturated carbocycles. The van der Waals surface area contributed by atoms with Gasteiger partial charge in [0.1, 0.15) is 13.2 Å². The average molecular weight is 264 g/mol. The summed E-state index contributed by atoms with van der Waals surface area (Å²) >= 11 is 0. The first-order valence-electron chi connectivity index (χ1n) is 6.70. The normalized spacial score (nSPS) is 13.1. The Morgan fingerprint density at radius 2 is 2.05 bits per heavy atom. The van der Waals surface area contributed by atoms with Crippen LogP contribution in [0.4, 0.5) is 0 Å². The van der Waals surface area contributed by atoms with Crippen LogP contribution in [-0.2, 0) is 0 Å². The monoisotopic (exact) mass is 264 g/mol. The molecule has 1 aromatic carbocycles. The summed E-state index contributed by atoms with van der Waals surface area (Å²) in [6.07, 6.45) is 1.09. The number of nitrogens with one attached hydrogen (secondary N) is 2. The van der Waals surface area contributed by atoms with E-state index in [1.165, 1.54) is 0 Å². The van der Waals surface area contributed by atoms with Gasteiger partial charge >= 0.3 is 0 Å². The topological polar surface area (TPSA) is 59.6 Å². The highest BCUT2D eigenvalue weighted by Gasteiger charge is 2.19. The lowest BCUT2D eigenvalue weighted by molar-refractivity contribution is 0.0943. The molecule has 0 radical (unpaired) electrons. The van der Waals surface area contributed by atoms with E-state index >= 15 is 0 Å². The second-order valence-corrected chi connectivity index (χ2v) is 4.34. The second kappa shape index (κ2) is 6.99. The van der Waals surface area contributed by atoms with E-state index in [1.54, 1.807) is 12.1 Å². The van der Waals surface area contributed by atoms with Crippen molar-refractivity contribution in [3.63, 3.8) is 0 Å². The van der Waals surface area contributed by atoms with Crippen molar-refractivity contribution >= 4 is 5.91 Å². The minimum atomic E-state index is -0.124. The summed E-state index contributed by atoms with van der Waals surface area (Å²) in [6.45, 7) is 5.45. The number of fused-ring (bicyclic) bond motifs is 1. The number of rotatable bonds is 6. The van der Waals surface area contributed by atoms with E-state index in [4.69, 9.17) is 9.47 Å². The molecule has 0 unspecified atom stereocenters. The molecule has 0 bridgehead atoms. The van der Waals surface area contributed by atoms with Crippen LogP contribution in [0.15, 0.2) is 18.2 Å². The molecule has 5 nitrogen and oxygen atoms in total. The molecule has 1 heterocycles. The largest absolute Gasteiger partial charge is 0.486 e. The van der Waals surface area contributed by atoms with Gasteiger partial charge in [-0.15, -0.1) is 0 Å². The number of hydrogen-bond acceptors (Lipinski definition) is 4. The molecule has 1 amide bonds. The fourth-order valence-electron chi connectivity index (χ4n) is 1.91. The lowest BCUT2D eigenvalue weighted by atomic mass is 10.1. The van der Waals surface area contributed by atoms with E-state index in [0.29, 0.717) is 36.8 Å². The number of ether oxygens (including phenoxy) is 2. The van der Waals surface area contributed by atoms with Crippen molar-refractivity contribution in [2.45, 2.75) is 13.3 Å². The van der Waals surface area contributed by atoms with Crippen molar-refractivity contribution in [2.24, 2.45) is 0 Å². The van der Waals surface area contributed by atoms with Gasteiger partial charge in [0.15, 0.2) is 11.5 Å². The zero-order valence-corrected chi connectivity index (χ0v) is 11.2. The van der Waals surface area contributed by atoms with E-state index in [1.807, 2.05) is 6.07 Å². The number of amides is 1. The lowest BCUT2D eigenvalue weighted by Crippen LogP contribution is -2.32. The van der Waals surface area contributed by atoms with Crippen molar-refractivity contribution < 1.29 is 14.3 Å². The Balaban J connectivity index is 1.92. The van der Waals surface area contributed by atoms with Crippen LogP contribution in [-0.4, -0.2) is 38.8 Å². The Morgan fingerprint density at radius 3 is 2.89 bits per heavy atom. The van der Waals surface area contributed by atoms with E-state index in [9.17, 15) is 4.79 Å². The summed E-state index contributed by atoms with van der Waals surface area (Å²) < 4.78 is 11.0. The first-order chi connectivity index (χ1) is 9.33. The summed E-state index contributed by atoms with van der Waals surface area (Å²) in [5.41, 5.74) is 0.535. The molecule has 1 aromatic rings. The molecule has 0 aliphatic carbocycles. The van der Waals surface area contributed by atoms with Crippen LogP contribution in [0.1, 0.15) is 23.7 Å². The molecule has 0 atom stereocenters. The van der Waals surface area contributed by atoms with Gasteiger partial charge in [-0.1, -0.05) is 13.0 Å². The number of carbonyl (C=O) groups is 1. The minimum absolute atomic E-state index is 0.124. The minimum Gasteiger partial charge on any atom is -0.486 e. The van der Waals surface area contributed by atoms with Crippen LogP contribution >= 0.6 is 0 Å². The van der Waals surface area contributed by atoms with Gasteiger partial charge in [0.2, 0.25) is 0 Å². The van der Waals surface area contributed by atoms with Gasteiger partial charge in [-0.05, 0) is 25.1 Å². The molecule has 1 aliphatic rings. The highest BCUT2D eigenvalue weighted by atomic mass is 16.6. The smallest absolute Gasteiger partial charge is 0.255 e. The van der Waals surface area contributed by atoms with Crippen LogP contribution in [0, 0.1) is 0 Å². The van der Waals surface area contributed by atoms with Gasteiger partial charge in [0, 0.05) is 13.1 Å². The molecule has 19 heavy (non-hydrogen) atoms. The van der Waals surface area contributed by atoms with Gasteiger partial charge in [-0.25, -0.2) is 0 Å². The van der Waals surface area contributed by atoms with Gasteiger partial charge in [-0.3, -0.25) is 4.79 Å². The Hall–Kier alpha value is -1.75. The maximum Gasteiger partial charge on any atom is 0.255 e. The fourth-order valence-corrected chi connectivity index (χ4v) is 1.91. The van der Waals surface area contributed by atoms with Crippen LogP contribution in [0.3, 0.4) is 0 Å². The maximum absolute atomic E-state index is 12.1. The van der Waals surface area contributed by atoms with Crippen molar-refractivity contribution in [1.82, 2.24) is 10.6 Å². The molecule has 2 N–H and O–H groups in total. The van der Waals surface area contributed by atoms with Crippen LogP contribution in [0.25, 0.3) is 0 Å². The third-order valence-corrected chi connectivity index (χ3v) is 2.82. The number of hydrogen-bond donors (Lipinski definition) is 2. The molecular formula is C14H20N2O3. The Morgan fingerprint density at radius 1 is 1.21 bits per heavy atom. The molecule has 0 spiro atoms. The van der Waals surface area contributed by atoms with Gasteiger partial charge in [0.05, 0.1) is 5.56 Å². The fraction of sp³-hybridized carbons (Fsp3) is 0.500. The second-order valence-electron chi connectivity index (χ2n) is 4.34. The summed E-state index contributed by atoms with van der Waals surface area (Å²) in [5.74, 6) is 1.07. The van der Waals surface area contributed by atoms with E-state index in [2.05, 4.69) is 17.6 Å². The molecule has 104 valence electrons. The van der Waals surface area contributed by atoms with Gasteiger partial charge in [0.25, 0.3) is 5.91 Å². The summed E-state index contributed by atoms with van der Waals surface area (Å²) in [6, 6.07) is 5.37. The van der Waals surface area contributed by atoms with Crippen LogP contribution in [0.5, 0.6) is 11.5 Å². The Kier molecular flexibility index (Phi) is 5.03. The van der Waals surface area contributed by atoms with Crippen LogP contribution < -0.4 is 20.1 Å². The maximum atomic E-state index is 12.1. The molecule has 0 saturated heterocycles. The first-order valence-corrected chi connectivity index (χ1v) is 6.70. The summed E-state index contributed by atoms with van der Waals surface area (Å²) in [7, 11) is 0. The summed E-state index contributed by atoms with van der Waals surface area (Å²) in [4.78, 5) is 12.1. The SMILES string of the molecule is CCCNCCNC(=O)c1cccc2c1OCCO2. The van der Waals surface area contributed by atoms with E-state index in [0.717, 1.165) is 19.5 Å². The van der Waals surface area contributed by atoms with Crippen molar-refractivity contribution in [1.29, 1.82) is 0 Å². The van der Waals surface area contributed by atoms with Gasteiger partial charge < -0.3 is 20.1 Å². The number of para-hydroxylation sites is 1. The highest BCUT2D eigenvalue weighted by Crippen LogP contribution is 2.33. The van der Waals surface area contributed by atoms with Crippen molar-refractivity contribution in [3.8, 4) is 11.5 Å². The number of benzene rings is 1. The quantitative estimate of drug-likeness (QED) is 0.758. The zero-order chi connectivity index (χ0) is 13.5. The average Bonchev–Trinajstić information content (AvgIpc) is 2.46. The Labute approximate surface area is 113 Å². The predicted octanol–water partition coefficient (Wildman–Crippen LogP) is 1.19. The first kappa shape index (κ1) is 13.7. The molecule has 5 heteroatoms. The number of carbonyl (C=O) groups excluding carboxylic acids is 1. The van der Waals surface area contributed by atoms with E-state index < -0.39 is 0 Å². The van der Waals surface area contributed by atoms with Crippen molar-refractivity contribution in [2.75, 3.05) is 32.8 Å². The molecule has 0 fully saturated rings. The Bertz CT molecular complexity index is 435. The van der Waals surface area contributed by atoms with Crippen LogP contribution in [0.2, 0.25) is 0 Å². The molecule has 1 aliphatic heterocycles. The van der Waals surface area contributed by atoms with Crippen molar-refractivity contribution in [3.05, 3.63) is 23.8 Å². The third kappa shape index (κ3) is 3.61. The summed E-state index contributed by atoms with van der Waals surface area (Å²) in [5, 5.41) is 6.10. The standard InChI is InChI=1S/C14H20N2O3/c1-2-6-15-7-8-16-14(17)11-4-3-5-12-13(11)19-10-9-18-12/h3-5,15H,2,6-10H2,1H3,(H,16,17). The van der Waals surface area contributed by atoms with Gasteiger partial charge in [-0.2, -0.15) is 0 Å². The third-order valence-electron chi connectivity index (χ3n) is 2.82. The molecule has 0 aromatic heterocycles. The predicted molar refractivity (Wildman–Crippen MR) is 72.9 cm³/mol. The van der Waals surface area contributed by atoms with E-state index in [-0.39, 0.29) is 5.91 Å². The lowest BCUT2D eigenvalue weighted by Gasteiger charge is -2.20. The highest BCUT2D eigenvalue weighted by molar-refractivity contribution is 5.97. The molecule has 2 rings (SSSR count). The zero-order valence-electron chi connectivity index (χ0n) is 11.2. The molecular weight excluding hydrogens is 244 g/mol.